The van der Waals surface area contributed by atoms with Gasteiger partial charge in [-0.15, -0.1) is 10.2 Å². The lowest BCUT2D eigenvalue weighted by Gasteiger charge is -2.39. The average Bonchev–Trinajstić information content (AvgIpc) is 2.94. The van der Waals surface area contributed by atoms with Gasteiger partial charge in [-0.3, -0.25) is 0 Å². The molecule has 0 amide bonds. The summed E-state index contributed by atoms with van der Waals surface area (Å²) in [7, 11) is 0. The molecule has 112 valence electrons. The van der Waals surface area contributed by atoms with Crippen LogP contribution in [0.5, 0.6) is 0 Å². The number of ether oxygens (including phenoxy) is 1. The van der Waals surface area contributed by atoms with Crippen LogP contribution in [-0.2, 0) is 4.74 Å². The minimum absolute atomic E-state index is 0.0532. The quantitative estimate of drug-likeness (QED) is 0.944. The van der Waals surface area contributed by atoms with Crippen molar-refractivity contribution >= 4 is 21.6 Å². The first-order valence-corrected chi connectivity index (χ1v) is 7.99. The van der Waals surface area contributed by atoms with Gasteiger partial charge in [0.1, 0.15) is 6.10 Å². The lowest BCUT2D eigenvalue weighted by atomic mass is 10.0. The summed E-state index contributed by atoms with van der Waals surface area (Å²) in [5, 5.41) is 9.48. The van der Waals surface area contributed by atoms with Gasteiger partial charge >= 0.3 is 0 Å². The Labute approximate surface area is 128 Å². The Hall–Kier alpha value is -1.66. The molecule has 0 unspecified atom stereocenters. The van der Waals surface area contributed by atoms with Crippen molar-refractivity contribution in [3.8, 4) is 0 Å². The maximum atomic E-state index is 6.28. The summed E-state index contributed by atoms with van der Waals surface area (Å²) in [6.07, 6.45) is 0.228. The topological polar surface area (TPSA) is 64.3 Å². The molecule has 2 N–H and O–H groups in total. The number of nitrogens with zero attached hydrogens (tertiary/aromatic N) is 3. The average molecular weight is 304 g/mol. The molecule has 0 radical (unpaired) electrons. The van der Waals surface area contributed by atoms with E-state index in [4.69, 9.17) is 10.5 Å². The summed E-state index contributed by atoms with van der Waals surface area (Å²) < 4.78 is 6.28. The zero-order chi connectivity index (χ0) is 14.8. The third kappa shape index (κ3) is 3.16. The number of hydrogen-bond acceptors (Lipinski definition) is 6. The van der Waals surface area contributed by atoms with E-state index in [0.717, 1.165) is 18.2 Å². The van der Waals surface area contributed by atoms with Gasteiger partial charge in [-0.05, 0) is 11.5 Å². The molecule has 1 aliphatic rings. The zero-order valence-electron chi connectivity index (χ0n) is 12.3. The van der Waals surface area contributed by atoms with Gasteiger partial charge in [0.25, 0.3) is 0 Å². The number of nitrogens with two attached hydrogens (primary N) is 1. The fourth-order valence-corrected chi connectivity index (χ4v) is 3.15. The molecule has 1 aromatic heterocycles. The molecule has 0 spiro atoms. The van der Waals surface area contributed by atoms with E-state index in [1.165, 1.54) is 16.9 Å². The number of aromatic nitrogens is 2. The van der Waals surface area contributed by atoms with E-state index in [0.29, 0.717) is 11.0 Å². The van der Waals surface area contributed by atoms with Crippen LogP contribution in [0.1, 0.15) is 25.5 Å². The van der Waals surface area contributed by atoms with Crippen molar-refractivity contribution < 1.29 is 4.74 Å². The van der Waals surface area contributed by atoms with E-state index in [9.17, 15) is 0 Å². The third-order valence-electron chi connectivity index (χ3n) is 3.74. The molecule has 2 atom stereocenters. The predicted octanol–water partition coefficient (Wildman–Crippen LogP) is 2.72. The number of hydrogen-bond donors (Lipinski definition) is 1. The molecular formula is C15H20N4OS. The van der Waals surface area contributed by atoms with Crippen LogP contribution in [-0.4, -0.2) is 29.4 Å². The van der Waals surface area contributed by atoms with Gasteiger partial charge in [0.2, 0.25) is 10.3 Å². The molecule has 6 heteroatoms. The first-order chi connectivity index (χ1) is 10.1. The summed E-state index contributed by atoms with van der Waals surface area (Å²) in [6.45, 7) is 5.98. The minimum atomic E-state index is 0.0532. The minimum Gasteiger partial charge on any atom is -0.374 e. The fourth-order valence-electron chi connectivity index (χ4n) is 2.52. The first-order valence-electron chi connectivity index (χ1n) is 7.18. The van der Waals surface area contributed by atoms with E-state index in [-0.39, 0.29) is 12.2 Å². The van der Waals surface area contributed by atoms with E-state index in [1.807, 2.05) is 18.2 Å². The van der Waals surface area contributed by atoms with Gasteiger partial charge in [-0.25, -0.2) is 0 Å². The Kier molecular flexibility index (Phi) is 4.07. The monoisotopic (exact) mass is 304 g/mol. The van der Waals surface area contributed by atoms with Gasteiger partial charge in [0.15, 0.2) is 0 Å². The highest BCUT2D eigenvalue weighted by molar-refractivity contribution is 7.18. The van der Waals surface area contributed by atoms with Crippen molar-refractivity contribution in [2.45, 2.75) is 26.1 Å². The lowest BCUT2D eigenvalue weighted by molar-refractivity contribution is -0.0499. The molecule has 1 aromatic carbocycles. The zero-order valence-corrected chi connectivity index (χ0v) is 13.1. The van der Waals surface area contributed by atoms with E-state index >= 15 is 0 Å². The molecule has 3 rings (SSSR count). The molecule has 21 heavy (non-hydrogen) atoms. The Morgan fingerprint density at radius 3 is 2.62 bits per heavy atom. The van der Waals surface area contributed by atoms with Gasteiger partial charge < -0.3 is 15.4 Å². The standard InChI is InChI=1S/C15H20N4OS/c1-10(2)12-8-19(15-18-17-14(16)21-15)9-13(20-12)11-6-4-3-5-7-11/h3-7,10,12-13H,8-9H2,1-2H3,(H2,16,17)/t12-,13+/m1/s1. The Bertz CT molecular complexity index is 586. The molecular weight excluding hydrogens is 284 g/mol. The second kappa shape index (κ2) is 5.99. The van der Waals surface area contributed by atoms with Crippen molar-refractivity contribution in [2.24, 2.45) is 5.92 Å². The van der Waals surface area contributed by atoms with Crippen LogP contribution in [0.4, 0.5) is 10.3 Å². The summed E-state index contributed by atoms with van der Waals surface area (Å²) in [5.74, 6) is 0.448. The second-order valence-electron chi connectivity index (χ2n) is 5.65. The Morgan fingerprint density at radius 2 is 2.00 bits per heavy atom. The third-order valence-corrected chi connectivity index (χ3v) is 4.55. The van der Waals surface area contributed by atoms with Gasteiger partial charge in [0, 0.05) is 6.54 Å². The van der Waals surface area contributed by atoms with Crippen molar-refractivity contribution in [3.05, 3.63) is 35.9 Å². The van der Waals surface area contributed by atoms with Crippen molar-refractivity contribution in [3.63, 3.8) is 0 Å². The van der Waals surface area contributed by atoms with Crippen LogP contribution in [0.25, 0.3) is 0 Å². The second-order valence-corrected chi connectivity index (χ2v) is 6.63. The molecule has 0 saturated carbocycles. The molecule has 2 heterocycles. The van der Waals surface area contributed by atoms with Crippen LogP contribution in [0.3, 0.4) is 0 Å². The summed E-state index contributed by atoms with van der Waals surface area (Å²) in [6, 6.07) is 10.3. The molecule has 2 aromatic rings. The largest absolute Gasteiger partial charge is 0.374 e. The van der Waals surface area contributed by atoms with Crippen molar-refractivity contribution in [2.75, 3.05) is 23.7 Å². The first kappa shape index (κ1) is 14.3. The van der Waals surface area contributed by atoms with Crippen LogP contribution in [0.2, 0.25) is 0 Å². The van der Waals surface area contributed by atoms with Crippen molar-refractivity contribution in [1.29, 1.82) is 0 Å². The highest BCUT2D eigenvalue weighted by Gasteiger charge is 2.32. The molecule has 5 nitrogen and oxygen atoms in total. The van der Waals surface area contributed by atoms with Crippen LogP contribution in [0, 0.1) is 5.92 Å². The molecule has 1 saturated heterocycles. The van der Waals surface area contributed by atoms with Gasteiger partial charge in [-0.1, -0.05) is 55.5 Å². The normalized spacial score (nSPS) is 22.7. The van der Waals surface area contributed by atoms with E-state index < -0.39 is 0 Å². The van der Waals surface area contributed by atoms with E-state index in [1.54, 1.807) is 0 Å². The SMILES string of the molecule is CC(C)[C@H]1CN(c2nnc(N)s2)C[C@@H](c2ccccc2)O1. The summed E-state index contributed by atoms with van der Waals surface area (Å²) in [5.41, 5.74) is 6.91. The summed E-state index contributed by atoms with van der Waals surface area (Å²) in [4.78, 5) is 2.24. The van der Waals surface area contributed by atoms with Crippen LogP contribution >= 0.6 is 11.3 Å². The molecule has 0 aliphatic carbocycles. The molecule has 1 aliphatic heterocycles. The number of anilines is 2. The predicted molar refractivity (Wildman–Crippen MR) is 85.4 cm³/mol. The maximum Gasteiger partial charge on any atom is 0.210 e. The highest BCUT2D eigenvalue weighted by Crippen LogP contribution is 2.32. The Balaban J connectivity index is 1.85. The van der Waals surface area contributed by atoms with Gasteiger partial charge in [-0.2, -0.15) is 0 Å². The number of nitrogen functional groups attached to an aromatic ring is 1. The maximum absolute atomic E-state index is 6.28. The lowest BCUT2D eigenvalue weighted by Crippen LogP contribution is -2.46. The van der Waals surface area contributed by atoms with Gasteiger partial charge in [0.05, 0.1) is 12.6 Å². The number of benzene rings is 1. The number of morpholine rings is 1. The number of rotatable bonds is 3. The Morgan fingerprint density at radius 1 is 1.24 bits per heavy atom. The highest BCUT2D eigenvalue weighted by atomic mass is 32.1. The molecule has 0 bridgehead atoms. The summed E-state index contributed by atoms with van der Waals surface area (Å²) >= 11 is 1.43. The van der Waals surface area contributed by atoms with Crippen LogP contribution in [0.15, 0.2) is 30.3 Å². The van der Waals surface area contributed by atoms with Crippen LogP contribution < -0.4 is 10.6 Å². The van der Waals surface area contributed by atoms with E-state index in [2.05, 4.69) is 41.1 Å². The smallest absolute Gasteiger partial charge is 0.210 e. The fraction of sp³-hybridized carbons (Fsp3) is 0.467. The molecule has 1 fully saturated rings. The van der Waals surface area contributed by atoms with Crippen molar-refractivity contribution in [1.82, 2.24) is 10.2 Å².